The van der Waals surface area contributed by atoms with Gasteiger partial charge in [-0.25, -0.2) is 14.6 Å². The molecule has 4 aromatic rings. The summed E-state index contributed by atoms with van der Waals surface area (Å²) in [4.78, 5) is 20.3. The number of aromatic nitrogens is 4. The van der Waals surface area contributed by atoms with Crippen LogP contribution in [0.1, 0.15) is 30.2 Å². The highest BCUT2D eigenvalue weighted by atomic mass is 32.1. The average molecular weight is 405 g/mol. The van der Waals surface area contributed by atoms with Crippen LogP contribution in [-0.2, 0) is 6.54 Å². The average Bonchev–Trinajstić information content (AvgIpc) is 3.38. The molecular formula is C21H19N5O2S. The molecule has 0 amide bonds. The minimum Gasteiger partial charge on any atom is -0.258 e. The standard InChI is InChI=1S/C21H19N5O2S/c1-14(2)15-3-5-17(6-4-15)21-22-11-19(29-21)12-25-13-23-20(24-25)16-7-9-18(10-8-16)26(27)28/h3-11,13-14H,12H2,1-2H3. The number of non-ortho nitro benzene ring substituents is 1. The Kier molecular flexibility index (Phi) is 5.18. The lowest BCUT2D eigenvalue weighted by Gasteiger charge is -2.05. The van der Waals surface area contributed by atoms with E-state index < -0.39 is 4.92 Å². The molecule has 2 aromatic heterocycles. The second kappa shape index (κ2) is 7.92. The molecule has 7 nitrogen and oxygen atoms in total. The maximum absolute atomic E-state index is 10.8. The van der Waals surface area contributed by atoms with Crippen molar-refractivity contribution < 1.29 is 4.92 Å². The van der Waals surface area contributed by atoms with Gasteiger partial charge in [-0.05, 0) is 23.6 Å². The predicted molar refractivity (Wildman–Crippen MR) is 113 cm³/mol. The van der Waals surface area contributed by atoms with Crippen molar-refractivity contribution in [1.82, 2.24) is 19.7 Å². The number of thiazole rings is 1. The van der Waals surface area contributed by atoms with E-state index in [0.29, 0.717) is 18.3 Å². The summed E-state index contributed by atoms with van der Waals surface area (Å²) in [5.41, 5.74) is 3.21. The van der Waals surface area contributed by atoms with E-state index in [2.05, 4.69) is 53.2 Å². The van der Waals surface area contributed by atoms with Crippen LogP contribution in [-0.4, -0.2) is 24.7 Å². The van der Waals surface area contributed by atoms with Crippen molar-refractivity contribution in [1.29, 1.82) is 0 Å². The summed E-state index contributed by atoms with van der Waals surface area (Å²) in [7, 11) is 0. The van der Waals surface area contributed by atoms with Gasteiger partial charge in [-0.2, -0.15) is 5.10 Å². The first kappa shape index (κ1) is 18.9. The lowest BCUT2D eigenvalue weighted by atomic mass is 10.0. The van der Waals surface area contributed by atoms with E-state index in [1.54, 1.807) is 34.5 Å². The smallest absolute Gasteiger partial charge is 0.258 e. The van der Waals surface area contributed by atoms with Crippen molar-refractivity contribution in [3.63, 3.8) is 0 Å². The molecule has 0 aliphatic rings. The minimum atomic E-state index is -0.423. The second-order valence-electron chi connectivity index (χ2n) is 6.98. The van der Waals surface area contributed by atoms with E-state index >= 15 is 0 Å². The zero-order valence-electron chi connectivity index (χ0n) is 16.0. The van der Waals surface area contributed by atoms with Crippen LogP contribution in [0, 0.1) is 10.1 Å². The number of hydrogen-bond acceptors (Lipinski definition) is 6. The normalized spacial score (nSPS) is 11.1. The summed E-state index contributed by atoms with van der Waals surface area (Å²) < 4.78 is 1.75. The van der Waals surface area contributed by atoms with Crippen LogP contribution in [0.25, 0.3) is 22.0 Å². The monoisotopic (exact) mass is 405 g/mol. The Balaban J connectivity index is 1.47. The molecule has 0 saturated carbocycles. The van der Waals surface area contributed by atoms with E-state index in [9.17, 15) is 10.1 Å². The highest BCUT2D eigenvalue weighted by molar-refractivity contribution is 7.15. The van der Waals surface area contributed by atoms with Crippen LogP contribution in [0.2, 0.25) is 0 Å². The lowest BCUT2D eigenvalue weighted by molar-refractivity contribution is -0.384. The molecule has 0 unspecified atom stereocenters. The molecule has 0 bridgehead atoms. The highest BCUT2D eigenvalue weighted by Crippen LogP contribution is 2.27. The summed E-state index contributed by atoms with van der Waals surface area (Å²) in [6.45, 7) is 4.93. The predicted octanol–water partition coefficient (Wildman–Crippen LogP) is 5.15. The summed E-state index contributed by atoms with van der Waals surface area (Å²) in [6.07, 6.45) is 3.52. The van der Waals surface area contributed by atoms with Gasteiger partial charge in [0, 0.05) is 34.3 Å². The zero-order valence-corrected chi connectivity index (χ0v) is 16.8. The van der Waals surface area contributed by atoms with Crippen molar-refractivity contribution in [3.8, 4) is 22.0 Å². The number of hydrogen-bond donors (Lipinski definition) is 0. The van der Waals surface area contributed by atoms with E-state index in [0.717, 1.165) is 21.0 Å². The molecule has 0 spiro atoms. The molecule has 8 heteroatoms. The molecule has 2 heterocycles. The number of nitrogens with zero attached hydrogens (tertiary/aromatic N) is 5. The first-order chi connectivity index (χ1) is 14.0. The number of nitro benzene ring substituents is 1. The highest BCUT2D eigenvalue weighted by Gasteiger charge is 2.10. The number of nitro groups is 1. The van der Waals surface area contributed by atoms with Crippen LogP contribution < -0.4 is 0 Å². The molecule has 0 radical (unpaired) electrons. The molecular weight excluding hydrogens is 386 g/mol. The maximum Gasteiger partial charge on any atom is 0.269 e. The third kappa shape index (κ3) is 4.22. The van der Waals surface area contributed by atoms with Crippen molar-refractivity contribution in [2.45, 2.75) is 26.3 Å². The first-order valence-corrected chi connectivity index (χ1v) is 10.0. The Labute approximate surface area is 171 Å². The molecule has 4 rings (SSSR count). The lowest BCUT2D eigenvalue weighted by Crippen LogP contribution is -1.98. The third-order valence-corrected chi connectivity index (χ3v) is 5.60. The van der Waals surface area contributed by atoms with Gasteiger partial charge < -0.3 is 0 Å². The molecule has 0 saturated heterocycles. The molecule has 2 aromatic carbocycles. The van der Waals surface area contributed by atoms with Gasteiger partial charge in [0.1, 0.15) is 11.3 Å². The molecule has 29 heavy (non-hydrogen) atoms. The molecule has 0 atom stereocenters. The SMILES string of the molecule is CC(C)c1ccc(-c2ncc(Cn3cnc(-c4ccc([N+](=O)[O-])cc4)n3)s2)cc1. The van der Waals surface area contributed by atoms with Crippen molar-refractivity contribution in [2.24, 2.45) is 0 Å². The van der Waals surface area contributed by atoms with E-state index in [4.69, 9.17) is 0 Å². The van der Waals surface area contributed by atoms with E-state index in [1.165, 1.54) is 17.7 Å². The fourth-order valence-corrected chi connectivity index (χ4v) is 3.83. The Bertz CT molecular complexity index is 1130. The number of rotatable bonds is 6. The first-order valence-electron chi connectivity index (χ1n) is 9.19. The molecule has 0 aliphatic heterocycles. The topological polar surface area (TPSA) is 86.7 Å². The quantitative estimate of drug-likeness (QED) is 0.327. The van der Waals surface area contributed by atoms with Gasteiger partial charge in [-0.3, -0.25) is 10.1 Å². The summed E-state index contributed by atoms with van der Waals surface area (Å²) in [6, 6.07) is 14.7. The fraction of sp³-hybridized carbons (Fsp3) is 0.190. The van der Waals surface area contributed by atoms with Crippen LogP contribution in [0.3, 0.4) is 0 Å². The van der Waals surface area contributed by atoms with E-state index in [1.807, 2.05) is 6.20 Å². The summed E-state index contributed by atoms with van der Waals surface area (Å²) in [5.74, 6) is 1.04. The zero-order chi connectivity index (χ0) is 20.4. The minimum absolute atomic E-state index is 0.0480. The maximum atomic E-state index is 10.8. The van der Waals surface area contributed by atoms with Crippen molar-refractivity contribution in [2.75, 3.05) is 0 Å². The fourth-order valence-electron chi connectivity index (χ4n) is 2.92. The van der Waals surface area contributed by atoms with Gasteiger partial charge >= 0.3 is 0 Å². The third-order valence-electron chi connectivity index (χ3n) is 4.57. The Morgan fingerprint density at radius 2 is 1.72 bits per heavy atom. The van der Waals surface area contributed by atoms with Crippen LogP contribution in [0.4, 0.5) is 5.69 Å². The van der Waals surface area contributed by atoms with Gasteiger partial charge in [0.2, 0.25) is 0 Å². The largest absolute Gasteiger partial charge is 0.269 e. The van der Waals surface area contributed by atoms with E-state index in [-0.39, 0.29) is 5.69 Å². The molecule has 146 valence electrons. The van der Waals surface area contributed by atoms with Crippen molar-refractivity contribution >= 4 is 17.0 Å². The van der Waals surface area contributed by atoms with Gasteiger partial charge in [0.05, 0.1) is 11.5 Å². The number of benzene rings is 2. The molecule has 0 aliphatic carbocycles. The van der Waals surface area contributed by atoms with Gasteiger partial charge in [-0.15, -0.1) is 11.3 Å². The van der Waals surface area contributed by atoms with Gasteiger partial charge in [0.25, 0.3) is 5.69 Å². The van der Waals surface area contributed by atoms with Gasteiger partial charge in [-0.1, -0.05) is 38.1 Å². The second-order valence-corrected chi connectivity index (χ2v) is 8.09. The molecule has 0 fully saturated rings. The van der Waals surface area contributed by atoms with Crippen LogP contribution in [0.15, 0.2) is 61.1 Å². The van der Waals surface area contributed by atoms with Gasteiger partial charge in [0.15, 0.2) is 5.82 Å². The Hall–Kier alpha value is -3.39. The van der Waals surface area contributed by atoms with Crippen LogP contribution in [0.5, 0.6) is 0 Å². The Morgan fingerprint density at radius 3 is 2.38 bits per heavy atom. The van der Waals surface area contributed by atoms with Crippen LogP contribution >= 0.6 is 11.3 Å². The summed E-state index contributed by atoms with van der Waals surface area (Å²) >= 11 is 1.63. The molecule has 0 N–H and O–H groups in total. The summed E-state index contributed by atoms with van der Waals surface area (Å²) in [5, 5.41) is 16.2. The van der Waals surface area contributed by atoms with Crippen molar-refractivity contribution in [3.05, 3.63) is 81.6 Å². The Morgan fingerprint density at radius 1 is 1.03 bits per heavy atom.